The molecule has 0 spiro atoms. The molecule has 24 heavy (non-hydrogen) atoms. The SMILES string of the molecule is CCOC(=O)c1c(-c2ccc(F)cc2)oc2cccc(C3CC3)c12. The zero-order valence-corrected chi connectivity index (χ0v) is 13.3. The summed E-state index contributed by atoms with van der Waals surface area (Å²) >= 11 is 0. The minimum absolute atomic E-state index is 0.292. The molecule has 1 aromatic heterocycles. The molecule has 0 saturated heterocycles. The first-order valence-corrected chi connectivity index (χ1v) is 8.17. The van der Waals surface area contributed by atoms with E-state index >= 15 is 0 Å². The molecule has 0 bridgehead atoms. The van der Waals surface area contributed by atoms with Crippen molar-refractivity contribution in [2.45, 2.75) is 25.7 Å². The molecule has 1 aliphatic carbocycles. The van der Waals surface area contributed by atoms with Gasteiger partial charge in [0, 0.05) is 10.9 Å². The van der Waals surface area contributed by atoms with Crippen LogP contribution in [0.1, 0.15) is 41.6 Å². The van der Waals surface area contributed by atoms with Gasteiger partial charge in [0.2, 0.25) is 0 Å². The highest BCUT2D eigenvalue weighted by Gasteiger charge is 2.31. The number of rotatable bonds is 4. The molecule has 0 aliphatic heterocycles. The molecule has 0 amide bonds. The Labute approximate surface area is 139 Å². The minimum atomic E-state index is -0.399. The van der Waals surface area contributed by atoms with Crippen molar-refractivity contribution in [1.82, 2.24) is 0 Å². The number of ether oxygens (including phenoxy) is 1. The first kappa shape index (κ1) is 14.9. The molecule has 3 aromatic rings. The molecule has 1 aliphatic rings. The highest BCUT2D eigenvalue weighted by atomic mass is 19.1. The van der Waals surface area contributed by atoms with E-state index < -0.39 is 5.97 Å². The Hall–Kier alpha value is -2.62. The second-order valence-corrected chi connectivity index (χ2v) is 6.03. The van der Waals surface area contributed by atoms with Crippen LogP contribution in [0.3, 0.4) is 0 Å². The first-order chi connectivity index (χ1) is 11.7. The Morgan fingerprint density at radius 1 is 1.21 bits per heavy atom. The Balaban J connectivity index is 1.98. The van der Waals surface area contributed by atoms with Crippen LogP contribution in [-0.4, -0.2) is 12.6 Å². The molecule has 2 aromatic carbocycles. The number of benzene rings is 2. The molecule has 4 rings (SSSR count). The average molecular weight is 324 g/mol. The summed E-state index contributed by atoms with van der Waals surface area (Å²) in [5.74, 6) is 0.187. The molecule has 0 unspecified atom stereocenters. The van der Waals surface area contributed by atoms with E-state index in [0.717, 1.165) is 23.8 Å². The summed E-state index contributed by atoms with van der Waals surface area (Å²) in [7, 11) is 0. The maximum atomic E-state index is 13.2. The lowest BCUT2D eigenvalue weighted by molar-refractivity contribution is 0.0528. The quantitative estimate of drug-likeness (QED) is 0.612. The van der Waals surface area contributed by atoms with Crippen LogP contribution in [0.25, 0.3) is 22.3 Å². The Morgan fingerprint density at radius 3 is 2.62 bits per heavy atom. The highest BCUT2D eigenvalue weighted by molar-refractivity contribution is 6.10. The van der Waals surface area contributed by atoms with Crippen LogP contribution >= 0.6 is 0 Å². The smallest absolute Gasteiger partial charge is 0.342 e. The summed E-state index contributed by atoms with van der Waals surface area (Å²) in [6.45, 7) is 2.07. The summed E-state index contributed by atoms with van der Waals surface area (Å²) in [6.07, 6.45) is 2.25. The lowest BCUT2D eigenvalue weighted by atomic mass is 9.99. The summed E-state index contributed by atoms with van der Waals surface area (Å²) < 4.78 is 24.5. The van der Waals surface area contributed by atoms with Crippen molar-refractivity contribution in [3.8, 4) is 11.3 Å². The summed E-state index contributed by atoms with van der Waals surface area (Å²) in [5.41, 5.74) is 2.91. The molecule has 122 valence electrons. The molecule has 1 heterocycles. The van der Waals surface area contributed by atoms with Gasteiger partial charge in [-0.1, -0.05) is 12.1 Å². The first-order valence-electron chi connectivity index (χ1n) is 8.17. The maximum absolute atomic E-state index is 13.2. The number of hydrogen-bond donors (Lipinski definition) is 0. The van der Waals surface area contributed by atoms with E-state index in [0.29, 0.717) is 35.0 Å². The van der Waals surface area contributed by atoms with Crippen molar-refractivity contribution < 1.29 is 18.3 Å². The van der Waals surface area contributed by atoms with E-state index in [9.17, 15) is 9.18 Å². The van der Waals surface area contributed by atoms with Gasteiger partial charge in [0.15, 0.2) is 0 Å². The van der Waals surface area contributed by atoms with Crippen molar-refractivity contribution in [1.29, 1.82) is 0 Å². The van der Waals surface area contributed by atoms with Gasteiger partial charge in [0.25, 0.3) is 0 Å². The summed E-state index contributed by atoms with van der Waals surface area (Å²) in [5, 5.41) is 0.831. The second kappa shape index (κ2) is 5.78. The van der Waals surface area contributed by atoms with Crippen LogP contribution < -0.4 is 0 Å². The van der Waals surface area contributed by atoms with E-state index in [1.165, 1.54) is 12.1 Å². The molecular weight excluding hydrogens is 307 g/mol. The van der Waals surface area contributed by atoms with Crippen molar-refractivity contribution in [2.24, 2.45) is 0 Å². The third kappa shape index (κ3) is 2.48. The van der Waals surface area contributed by atoms with Crippen LogP contribution in [0.2, 0.25) is 0 Å². The van der Waals surface area contributed by atoms with Gasteiger partial charge in [-0.3, -0.25) is 0 Å². The molecule has 1 fully saturated rings. The van der Waals surface area contributed by atoms with Gasteiger partial charge in [0.1, 0.15) is 22.7 Å². The summed E-state index contributed by atoms with van der Waals surface area (Å²) in [6, 6.07) is 11.8. The van der Waals surface area contributed by atoms with Crippen LogP contribution in [0.5, 0.6) is 0 Å². The number of carbonyl (C=O) groups is 1. The molecule has 1 saturated carbocycles. The maximum Gasteiger partial charge on any atom is 0.342 e. The topological polar surface area (TPSA) is 39.4 Å². The van der Waals surface area contributed by atoms with Crippen molar-refractivity contribution in [3.05, 3.63) is 59.4 Å². The standard InChI is InChI=1S/C20H17FO3/c1-2-23-20(22)18-17-15(12-6-7-12)4-3-5-16(17)24-19(18)13-8-10-14(21)11-9-13/h3-5,8-12H,2,6-7H2,1H3. The predicted octanol–water partition coefficient (Wildman–Crippen LogP) is 5.29. The van der Waals surface area contributed by atoms with E-state index in [1.807, 2.05) is 18.2 Å². The Morgan fingerprint density at radius 2 is 1.96 bits per heavy atom. The normalized spacial score (nSPS) is 14.1. The van der Waals surface area contributed by atoms with Gasteiger partial charge in [-0.2, -0.15) is 0 Å². The van der Waals surface area contributed by atoms with Crippen LogP contribution in [-0.2, 0) is 4.74 Å². The van der Waals surface area contributed by atoms with Gasteiger partial charge in [-0.25, -0.2) is 9.18 Å². The molecule has 0 radical (unpaired) electrons. The highest BCUT2D eigenvalue weighted by Crippen LogP contribution is 2.46. The van der Waals surface area contributed by atoms with Crippen LogP contribution in [0.15, 0.2) is 46.9 Å². The monoisotopic (exact) mass is 324 g/mol. The van der Waals surface area contributed by atoms with Gasteiger partial charge in [0.05, 0.1) is 6.61 Å². The number of esters is 1. The Bertz CT molecular complexity index is 905. The molecule has 4 heteroatoms. The van der Waals surface area contributed by atoms with Gasteiger partial charge in [-0.05, 0) is 61.6 Å². The summed E-state index contributed by atoms with van der Waals surface area (Å²) in [4.78, 5) is 12.6. The molecule has 0 N–H and O–H groups in total. The largest absolute Gasteiger partial charge is 0.462 e. The van der Waals surface area contributed by atoms with Gasteiger partial charge >= 0.3 is 5.97 Å². The van der Waals surface area contributed by atoms with E-state index in [4.69, 9.17) is 9.15 Å². The zero-order valence-electron chi connectivity index (χ0n) is 13.3. The number of carbonyl (C=O) groups excluding carboxylic acids is 1. The number of hydrogen-bond acceptors (Lipinski definition) is 3. The number of halogens is 1. The lowest BCUT2D eigenvalue weighted by Gasteiger charge is -2.06. The average Bonchev–Trinajstić information content (AvgIpc) is 3.35. The number of fused-ring (bicyclic) bond motifs is 1. The van der Waals surface area contributed by atoms with Crippen molar-refractivity contribution in [2.75, 3.05) is 6.61 Å². The lowest BCUT2D eigenvalue weighted by Crippen LogP contribution is -2.06. The van der Waals surface area contributed by atoms with Gasteiger partial charge < -0.3 is 9.15 Å². The van der Waals surface area contributed by atoms with Crippen molar-refractivity contribution in [3.63, 3.8) is 0 Å². The fourth-order valence-electron chi connectivity index (χ4n) is 3.11. The fraction of sp³-hybridized carbons (Fsp3) is 0.250. The predicted molar refractivity (Wildman–Crippen MR) is 89.5 cm³/mol. The number of furan rings is 1. The molecule has 3 nitrogen and oxygen atoms in total. The zero-order chi connectivity index (χ0) is 16.7. The third-order valence-corrected chi connectivity index (χ3v) is 4.35. The minimum Gasteiger partial charge on any atom is -0.462 e. The van der Waals surface area contributed by atoms with E-state index in [2.05, 4.69) is 0 Å². The van der Waals surface area contributed by atoms with E-state index in [-0.39, 0.29) is 5.82 Å². The third-order valence-electron chi connectivity index (χ3n) is 4.35. The molecule has 0 atom stereocenters. The fourth-order valence-corrected chi connectivity index (χ4v) is 3.11. The van der Waals surface area contributed by atoms with Crippen LogP contribution in [0, 0.1) is 5.82 Å². The van der Waals surface area contributed by atoms with E-state index in [1.54, 1.807) is 19.1 Å². The van der Waals surface area contributed by atoms with Crippen LogP contribution in [0.4, 0.5) is 4.39 Å². The molecular formula is C20H17FO3. The Kier molecular flexibility index (Phi) is 3.60. The second-order valence-electron chi connectivity index (χ2n) is 6.03. The van der Waals surface area contributed by atoms with Gasteiger partial charge in [-0.15, -0.1) is 0 Å². The van der Waals surface area contributed by atoms with Crippen molar-refractivity contribution >= 4 is 16.9 Å².